The zero-order valence-corrected chi connectivity index (χ0v) is 11.2. The standard InChI is InChI=1S/C15H25NO2/c17-4-3-16-10-14(18)15-7-11-1-2-12(8-15)6-13(5-11)9-15/h11-13,16-17H,1-10H2/p+1/t11-,12-,13?,15?/m1/s1. The van der Waals surface area contributed by atoms with Gasteiger partial charge in [0.25, 0.3) is 0 Å². The van der Waals surface area contributed by atoms with Crippen LogP contribution in [-0.2, 0) is 4.79 Å². The number of Topliss-reactive ketones (excluding diaryl/α,β-unsaturated/α-hetero) is 1. The normalized spacial score (nSPS) is 41.9. The van der Waals surface area contributed by atoms with Crippen LogP contribution in [0.1, 0.15) is 44.9 Å². The van der Waals surface area contributed by atoms with Crippen molar-refractivity contribution in [2.24, 2.45) is 23.2 Å². The Balaban J connectivity index is 1.71. The Bertz CT molecular complexity index is 312. The quantitative estimate of drug-likeness (QED) is 0.708. The van der Waals surface area contributed by atoms with E-state index in [0.29, 0.717) is 18.9 Å². The molecule has 0 aromatic rings. The number of hydrogen-bond acceptors (Lipinski definition) is 2. The van der Waals surface area contributed by atoms with E-state index >= 15 is 0 Å². The van der Waals surface area contributed by atoms with Gasteiger partial charge in [-0.3, -0.25) is 4.79 Å². The second-order valence-electron chi connectivity index (χ2n) is 6.97. The molecule has 4 saturated carbocycles. The summed E-state index contributed by atoms with van der Waals surface area (Å²) in [5.74, 6) is 2.99. The second-order valence-corrected chi connectivity index (χ2v) is 6.97. The van der Waals surface area contributed by atoms with Gasteiger partial charge in [-0.05, 0) is 49.9 Å². The van der Waals surface area contributed by atoms with Crippen molar-refractivity contribution in [1.82, 2.24) is 0 Å². The molecule has 18 heavy (non-hydrogen) atoms. The van der Waals surface area contributed by atoms with Crippen LogP contribution in [0.15, 0.2) is 0 Å². The van der Waals surface area contributed by atoms with Crippen LogP contribution in [0.4, 0.5) is 0 Å². The minimum Gasteiger partial charge on any atom is -0.391 e. The Kier molecular flexibility index (Phi) is 3.46. The number of ketones is 1. The van der Waals surface area contributed by atoms with Crippen molar-refractivity contribution in [3.05, 3.63) is 0 Å². The number of rotatable bonds is 5. The van der Waals surface area contributed by atoms with E-state index in [2.05, 4.69) is 0 Å². The molecule has 3 nitrogen and oxygen atoms in total. The molecule has 4 aliphatic carbocycles. The van der Waals surface area contributed by atoms with E-state index in [4.69, 9.17) is 5.11 Å². The SMILES string of the molecule is O=C(C[NH2+]CCO)C12CC3C[C@@H](CC[C@H](C3)C1)C2. The van der Waals surface area contributed by atoms with Gasteiger partial charge >= 0.3 is 0 Å². The van der Waals surface area contributed by atoms with E-state index < -0.39 is 0 Å². The van der Waals surface area contributed by atoms with Gasteiger partial charge in [-0.2, -0.15) is 0 Å². The molecule has 0 aromatic heterocycles. The molecule has 0 unspecified atom stereocenters. The molecule has 102 valence electrons. The van der Waals surface area contributed by atoms with Crippen LogP contribution in [0.3, 0.4) is 0 Å². The molecule has 3 heteroatoms. The molecule has 0 amide bonds. The Labute approximate surface area is 109 Å². The Morgan fingerprint density at radius 2 is 1.72 bits per heavy atom. The minimum absolute atomic E-state index is 0.0406. The Morgan fingerprint density at radius 1 is 1.11 bits per heavy atom. The van der Waals surface area contributed by atoms with Crippen molar-refractivity contribution in [2.45, 2.75) is 44.9 Å². The van der Waals surface area contributed by atoms with Gasteiger partial charge in [0.1, 0.15) is 6.54 Å². The van der Waals surface area contributed by atoms with Crippen molar-refractivity contribution in [3.8, 4) is 0 Å². The summed E-state index contributed by atoms with van der Waals surface area (Å²) in [5.41, 5.74) is 0.0406. The number of nitrogens with two attached hydrogens (primary N) is 1. The first kappa shape index (κ1) is 12.6. The molecule has 0 heterocycles. The van der Waals surface area contributed by atoms with Gasteiger partial charge in [-0.25, -0.2) is 0 Å². The van der Waals surface area contributed by atoms with Crippen molar-refractivity contribution in [2.75, 3.05) is 19.7 Å². The maximum absolute atomic E-state index is 12.6. The lowest BCUT2D eigenvalue weighted by Gasteiger charge is -2.46. The zero-order chi connectivity index (χ0) is 12.6. The topological polar surface area (TPSA) is 53.9 Å². The second kappa shape index (κ2) is 4.93. The average molecular weight is 252 g/mol. The summed E-state index contributed by atoms with van der Waals surface area (Å²) in [6.07, 6.45) is 9.05. The van der Waals surface area contributed by atoms with Crippen LogP contribution < -0.4 is 5.32 Å². The van der Waals surface area contributed by atoms with E-state index in [9.17, 15) is 4.79 Å². The molecule has 4 aliphatic rings. The highest BCUT2D eigenvalue weighted by molar-refractivity contribution is 5.86. The summed E-state index contributed by atoms with van der Waals surface area (Å²) in [6.45, 7) is 1.43. The first-order valence-electron chi connectivity index (χ1n) is 7.68. The van der Waals surface area contributed by atoms with E-state index in [-0.39, 0.29) is 12.0 Å². The van der Waals surface area contributed by atoms with Gasteiger partial charge in [0.05, 0.1) is 13.2 Å². The fraction of sp³-hybridized carbons (Fsp3) is 0.933. The number of aliphatic hydroxyl groups excluding tert-OH is 1. The molecule has 0 radical (unpaired) electrons. The number of fused-ring (bicyclic) bond motifs is 1. The van der Waals surface area contributed by atoms with Gasteiger partial charge in [-0.1, -0.05) is 12.8 Å². The predicted octanol–water partition coefficient (Wildman–Crippen LogP) is 0.718. The van der Waals surface area contributed by atoms with Gasteiger partial charge < -0.3 is 10.4 Å². The van der Waals surface area contributed by atoms with Gasteiger partial charge in [0, 0.05) is 5.41 Å². The highest BCUT2D eigenvalue weighted by Crippen LogP contribution is 2.57. The van der Waals surface area contributed by atoms with Crippen molar-refractivity contribution >= 4 is 5.78 Å². The third-order valence-electron chi connectivity index (χ3n) is 5.61. The molecular weight excluding hydrogens is 226 g/mol. The van der Waals surface area contributed by atoms with Crippen molar-refractivity contribution in [1.29, 1.82) is 0 Å². The smallest absolute Gasteiger partial charge is 0.192 e. The molecule has 4 bridgehead atoms. The van der Waals surface area contributed by atoms with Gasteiger partial charge in [0.15, 0.2) is 5.78 Å². The van der Waals surface area contributed by atoms with Gasteiger partial charge in [0.2, 0.25) is 0 Å². The van der Waals surface area contributed by atoms with Crippen LogP contribution in [0.2, 0.25) is 0 Å². The molecule has 0 aromatic carbocycles. The summed E-state index contributed by atoms with van der Waals surface area (Å²) in [6, 6.07) is 0. The Hall–Kier alpha value is -0.410. The molecule has 0 saturated heterocycles. The molecule has 0 aliphatic heterocycles. The largest absolute Gasteiger partial charge is 0.391 e. The maximum Gasteiger partial charge on any atom is 0.192 e. The molecule has 2 atom stereocenters. The van der Waals surface area contributed by atoms with E-state index in [1.54, 1.807) is 0 Å². The van der Waals surface area contributed by atoms with Crippen LogP contribution in [0, 0.1) is 23.2 Å². The van der Waals surface area contributed by atoms with E-state index in [1.807, 2.05) is 5.32 Å². The molecule has 4 fully saturated rings. The van der Waals surface area contributed by atoms with Crippen LogP contribution in [0.5, 0.6) is 0 Å². The molecule has 4 rings (SSSR count). The number of hydrogen-bond donors (Lipinski definition) is 2. The molecule has 0 spiro atoms. The third kappa shape index (κ3) is 2.23. The van der Waals surface area contributed by atoms with Crippen LogP contribution in [-0.4, -0.2) is 30.6 Å². The number of aliphatic hydroxyl groups is 1. The minimum atomic E-state index is 0.0406. The van der Waals surface area contributed by atoms with E-state index in [1.165, 1.54) is 44.9 Å². The van der Waals surface area contributed by atoms with Crippen molar-refractivity contribution < 1.29 is 15.2 Å². The zero-order valence-electron chi connectivity index (χ0n) is 11.2. The summed E-state index contributed by atoms with van der Waals surface area (Å²) < 4.78 is 0. The average Bonchev–Trinajstić information content (AvgIpc) is 2.56. The highest BCUT2D eigenvalue weighted by atomic mass is 16.3. The highest BCUT2D eigenvalue weighted by Gasteiger charge is 2.52. The van der Waals surface area contributed by atoms with E-state index in [0.717, 1.165) is 17.8 Å². The van der Waals surface area contributed by atoms with Crippen LogP contribution in [0.25, 0.3) is 0 Å². The Morgan fingerprint density at radius 3 is 2.33 bits per heavy atom. The molecular formula is C15H26NO2+. The summed E-state index contributed by atoms with van der Waals surface area (Å²) in [4.78, 5) is 12.6. The van der Waals surface area contributed by atoms with Gasteiger partial charge in [-0.15, -0.1) is 0 Å². The van der Waals surface area contributed by atoms with Crippen LogP contribution >= 0.6 is 0 Å². The predicted molar refractivity (Wildman–Crippen MR) is 69.0 cm³/mol. The summed E-state index contributed by atoms with van der Waals surface area (Å²) in [5, 5.41) is 10.8. The lowest BCUT2D eigenvalue weighted by molar-refractivity contribution is -0.645. The lowest BCUT2D eigenvalue weighted by Crippen LogP contribution is -2.87. The number of carbonyl (C=O) groups excluding carboxylic acids is 1. The summed E-state index contributed by atoms with van der Waals surface area (Å²) >= 11 is 0. The first-order valence-corrected chi connectivity index (χ1v) is 7.68. The number of quaternary nitrogens is 1. The number of carbonyl (C=O) groups is 1. The maximum atomic E-state index is 12.6. The van der Waals surface area contributed by atoms with Crippen molar-refractivity contribution in [3.63, 3.8) is 0 Å². The first-order chi connectivity index (χ1) is 8.72. The monoisotopic (exact) mass is 252 g/mol. The third-order valence-corrected chi connectivity index (χ3v) is 5.61. The fourth-order valence-corrected chi connectivity index (χ4v) is 5.07. The lowest BCUT2D eigenvalue weighted by atomic mass is 9.57. The fourth-order valence-electron chi connectivity index (χ4n) is 5.07. The summed E-state index contributed by atoms with van der Waals surface area (Å²) in [7, 11) is 0. The molecule has 3 N–H and O–H groups in total.